The molecule has 0 aliphatic heterocycles. The minimum atomic E-state index is -0.477. The molecule has 0 fully saturated rings. The van der Waals surface area contributed by atoms with Crippen LogP contribution >= 0.6 is 0 Å². The molecule has 0 radical (unpaired) electrons. The van der Waals surface area contributed by atoms with Crippen LogP contribution in [0.4, 0.5) is 5.69 Å². The van der Waals surface area contributed by atoms with Crippen molar-refractivity contribution in [3.05, 3.63) is 77.9 Å². The average Bonchev–Trinajstić information content (AvgIpc) is 2.65. The maximum absolute atomic E-state index is 12.6. The van der Waals surface area contributed by atoms with Crippen LogP contribution in [0.25, 0.3) is 0 Å². The summed E-state index contributed by atoms with van der Waals surface area (Å²) in [4.78, 5) is 12.6. The van der Waals surface area contributed by atoms with E-state index in [0.717, 1.165) is 11.6 Å². The molecule has 0 aromatic heterocycles. The fourth-order valence-electron chi connectivity index (χ4n) is 2.30. The molecule has 0 atom stereocenters. The van der Waals surface area contributed by atoms with Crippen LogP contribution in [0, 0.1) is 12.3 Å². The van der Waals surface area contributed by atoms with Crippen LogP contribution in [0.3, 0.4) is 0 Å². The fourth-order valence-corrected chi connectivity index (χ4v) is 2.30. The van der Waals surface area contributed by atoms with E-state index in [2.05, 4.69) is 11.2 Å². The van der Waals surface area contributed by atoms with Crippen molar-refractivity contribution in [2.75, 3.05) is 5.32 Å². The molecular weight excluding hydrogens is 369 g/mol. The van der Waals surface area contributed by atoms with Crippen molar-refractivity contribution < 1.29 is 71.1 Å². The second-order valence-corrected chi connectivity index (χ2v) is 5.40. The van der Waals surface area contributed by atoms with Gasteiger partial charge in [-0.2, -0.15) is 0 Å². The van der Waals surface area contributed by atoms with Crippen molar-refractivity contribution in [1.29, 1.82) is 0 Å². The number of hydrogen-bond acceptors (Lipinski definition) is 4. The van der Waals surface area contributed by atoms with Gasteiger partial charge in [-0.05, 0) is 48.5 Å². The smallest absolute Gasteiger partial charge is 0.872 e. The van der Waals surface area contributed by atoms with Gasteiger partial charge in [-0.15, -0.1) is 12.2 Å². The largest absolute Gasteiger partial charge is 1.00 e. The first-order chi connectivity index (χ1) is 12.6. The Balaban J connectivity index is 0.00000261. The molecule has 1 amide bonds. The third kappa shape index (κ3) is 5.36. The Kier molecular flexibility index (Phi) is 7.48. The first-order valence-corrected chi connectivity index (χ1v) is 7.72. The maximum Gasteiger partial charge on any atom is 1.00 e. The van der Waals surface area contributed by atoms with Crippen LogP contribution in [0.1, 0.15) is 15.9 Å². The molecule has 0 bridgehead atoms. The Morgan fingerprint density at radius 1 is 1.07 bits per heavy atom. The Bertz CT molecular complexity index is 994. The zero-order valence-corrected chi connectivity index (χ0v) is 17.7. The summed E-state index contributed by atoms with van der Waals surface area (Å²) in [5.74, 6) is 2.27. The monoisotopic (exact) mass is 383 g/mol. The van der Waals surface area contributed by atoms with E-state index in [9.17, 15) is 15.0 Å². The number of rotatable bonds is 4. The molecule has 3 rings (SSSR count). The third-order valence-electron chi connectivity index (χ3n) is 3.60. The second kappa shape index (κ2) is 9.60. The number of benzene rings is 3. The summed E-state index contributed by atoms with van der Waals surface area (Å²) in [6.07, 6.45) is 5.33. The standard InChI is InChI=1S/C21H15NO4.K/c1-2-14-7-10-16(11-8-14)26-20-6-4-3-5-17(20)21(25)22-18-12-9-15(23)13-19(18)24;/h1,3-13,23-24H,(H,22,25);/q;+1/p-1. The summed E-state index contributed by atoms with van der Waals surface area (Å²) < 4.78 is 5.78. The number of hydrogen-bond donors (Lipinski definition) is 2. The van der Waals surface area contributed by atoms with Crippen molar-refractivity contribution >= 4 is 11.6 Å². The van der Waals surface area contributed by atoms with Gasteiger partial charge in [-0.1, -0.05) is 24.1 Å². The molecule has 0 heterocycles. The number of aromatic hydroxyl groups is 1. The zero-order chi connectivity index (χ0) is 18.5. The molecule has 3 aromatic rings. The SMILES string of the molecule is C#Cc1ccc(Oc2ccccc2C(=O)Nc2ccc([O-])cc2O)cc1.[K+]. The molecule has 0 aliphatic carbocycles. The van der Waals surface area contributed by atoms with Gasteiger partial charge in [0.2, 0.25) is 0 Å². The number of terminal acetylenes is 1. The average molecular weight is 383 g/mol. The van der Waals surface area contributed by atoms with E-state index in [1.165, 1.54) is 12.1 Å². The van der Waals surface area contributed by atoms with Gasteiger partial charge in [0.15, 0.2) is 0 Å². The number of carbonyl (C=O) groups is 1. The van der Waals surface area contributed by atoms with E-state index in [0.29, 0.717) is 11.5 Å². The number of para-hydroxylation sites is 1. The van der Waals surface area contributed by atoms with E-state index in [1.54, 1.807) is 48.5 Å². The van der Waals surface area contributed by atoms with Gasteiger partial charge in [0.25, 0.3) is 5.91 Å². The number of anilines is 1. The van der Waals surface area contributed by atoms with Crippen molar-refractivity contribution in [2.45, 2.75) is 0 Å². The van der Waals surface area contributed by atoms with E-state index in [4.69, 9.17) is 11.2 Å². The minimum absolute atomic E-state index is 0. The predicted molar refractivity (Wildman–Crippen MR) is 96.4 cm³/mol. The Labute approximate surface area is 199 Å². The summed E-state index contributed by atoms with van der Waals surface area (Å²) in [5, 5.41) is 23.5. The molecule has 0 aliphatic rings. The molecule has 0 spiro atoms. The van der Waals surface area contributed by atoms with Crippen molar-refractivity contribution in [1.82, 2.24) is 0 Å². The topological polar surface area (TPSA) is 81.6 Å². The van der Waals surface area contributed by atoms with Gasteiger partial charge >= 0.3 is 51.4 Å². The molecule has 5 nitrogen and oxygen atoms in total. The van der Waals surface area contributed by atoms with Gasteiger partial charge in [0.05, 0.1) is 11.3 Å². The molecule has 3 aromatic carbocycles. The number of ether oxygens (including phenoxy) is 1. The van der Waals surface area contributed by atoms with Gasteiger partial charge < -0.3 is 20.3 Å². The quantitative estimate of drug-likeness (QED) is 0.390. The Morgan fingerprint density at radius 3 is 2.44 bits per heavy atom. The Morgan fingerprint density at radius 2 is 1.78 bits per heavy atom. The van der Waals surface area contributed by atoms with Crippen LogP contribution in [-0.2, 0) is 0 Å². The number of phenolic OH excluding ortho intramolecular Hbond substituents is 1. The van der Waals surface area contributed by atoms with Gasteiger partial charge in [-0.3, -0.25) is 4.79 Å². The molecule has 0 unspecified atom stereocenters. The van der Waals surface area contributed by atoms with E-state index < -0.39 is 5.91 Å². The van der Waals surface area contributed by atoms with Gasteiger partial charge in [-0.25, -0.2) is 0 Å². The normalized spacial score (nSPS) is 9.59. The van der Waals surface area contributed by atoms with Crippen molar-refractivity contribution in [2.24, 2.45) is 0 Å². The van der Waals surface area contributed by atoms with E-state index in [-0.39, 0.29) is 74.1 Å². The zero-order valence-electron chi connectivity index (χ0n) is 14.6. The molecule has 0 saturated heterocycles. The fraction of sp³-hybridized carbons (Fsp3) is 0. The van der Waals surface area contributed by atoms with E-state index >= 15 is 0 Å². The molecule has 128 valence electrons. The van der Waals surface area contributed by atoms with Gasteiger partial charge in [0.1, 0.15) is 17.2 Å². The third-order valence-corrected chi connectivity index (χ3v) is 3.60. The molecular formula is C21H14KNO4. The summed E-state index contributed by atoms with van der Waals surface area (Å²) in [6, 6.07) is 17.2. The summed E-state index contributed by atoms with van der Waals surface area (Å²) in [6.45, 7) is 0. The number of amides is 1. The summed E-state index contributed by atoms with van der Waals surface area (Å²) >= 11 is 0. The minimum Gasteiger partial charge on any atom is -0.872 e. The summed E-state index contributed by atoms with van der Waals surface area (Å²) in [7, 11) is 0. The van der Waals surface area contributed by atoms with Crippen LogP contribution in [0.2, 0.25) is 0 Å². The second-order valence-electron chi connectivity index (χ2n) is 5.40. The molecule has 2 N–H and O–H groups in total. The number of carbonyl (C=O) groups excluding carboxylic acids is 1. The van der Waals surface area contributed by atoms with Crippen molar-refractivity contribution in [3.63, 3.8) is 0 Å². The number of phenols is 1. The van der Waals surface area contributed by atoms with Crippen LogP contribution in [0.15, 0.2) is 66.7 Å². The molecule has 6 heteroatoms. The number of nitrogens with one attached hydrogen (secondary N) is 1. The summed E-state index contributed by atoms with van der Waals surface area (Å²) in [5.41, 5.74) is 1.14. The maximum atomic E-state index is 12.6. The van der Waals surface area contributed by atoms with E-state index in [1.807, 2.05) is 0 Å². The van der Waals surface area contributed by atoms with Crippen LogP contribution in [-0.4, -0.2) is 11.0 Å². The molecule has 27 heavy (non-hydrogen) atoms. The predicted octanol–water partition coefficient (Wildman–Crippen LogP) is 0.496. The van der Waals surface area contributed by atoms with Crippen molar-refractivity contribution in [3.8, 4) is 35.3 Å². The first-order valence-electron chi connectivity index (χ1n) is 7.72. The molecule has 0 saturated carbocycles. The van der Waals surface area contributed by atoms with Crippen LogP contribution < -0.4 is 66.5 Å². The first kappa shape index (κ1) is 21.0. The van der Waals surface area contributed by atoms with Gasteiger partial charge in [0, 0.05) is 5.56 Å². The van der Waals surface area contributed by atoms with Crippen LogP contribution in [0.5, 0.6) is 23.0 Å². The Hall–Kier alpha value is -2.27.